The Morgan fingerprint density at radius 1 is 0.328 bits per heavy atom. The first-order valence-electron chi connectivity index (χ1n) is 21.1. The molecule has 1 aromatic heterocycles. The molecular formula is C59H40N2. The molecule has 0 atom stereocenters. The molecule has 0 saturated heterocycles. The number of hydrogen-bond donors (Lipinski definition) is 1. The maximum absolute atomic E-state index is 3.57. The molecule has 1 aliphatic carbocycles. The van der Waals surface area contributed by atoms with Crippen molar-refractivity contribution >= 4 is 44.0 Å². The Morgan fingerprint density at radius 2 is 0.885 bits per heavy atom. The van der Waals surface area contributed by atoms with Crippen LogP contribution in [-0.4, -0.2) is 4.57 Å². The molecule has 1 aliphatic rings. The molecule has 11 aromatic rings. The largest absolute Gasteiger partial charge is 0.356 e. The number of rotatable bonds is 7. The molecule has 2 nitrogen and oxygen atoms in total. The third kappa shape index (κ3) is 5.64. The maximum Gasteiger partial charge on any atom is 0.0714 e. The van der Waals surface area contributed by atoms with Gasteiger partial charge in [-0.25, -0.2) is 0 Å². The smallest absolute Gasteiger partial charge is 0.0714 e. The molecule has 10 aromatic carbocycles. The van der Waals surface area contributed by atoms with Gasteiger partial charge in [0.05, 0.1) is 16.4 Å². The van der Waals surface area contributed by atoms with Crippen LogP contribution in [0.2, 0.25) is 0 Å². The van der Waals surface area contributed by atoms with Gasteiger partial charge in [-0.1, -0.05) is 182 Å². The Labute approximate surface area is 355 Å². The Balaban J connectivity index is 0.910. The van der Waals surface area contributed by atoms with Gasteiger partial charge in [0, 0.05) is 27.8 Å². The summed E-state index contributed by atoms with van der Waals surface area (Å²) in [5.74, 6) is 0. The molecule has 286 valence electrons. The van der Waals surface area contributed by atoms with Crippen molar-refractivity contribution in [2.75, 3.05) is 5.32 Å². The summed E-state index contributed by atoms with van der Waals surface area (Å²) in [5, 5.41) is 8.54. The fourth-order valence-corrected chi connectivity index (χ4v) is 10.0. The molecular weight excluding hydrogens is 737 g/mol. The van der Waals surface area contributed by atoms with Crippen LogP contribution in [-0.2, 0) is 5.41 Å². The third-order valence-corrected chi connectivity index (χ3v) is 12.8. The second kappa shape index (κ2) is 14.1. The van der Waals surface area contributed by atoms with Gasteiger partial charge in [-0.05, 0) is 121 Å². The van der Waals surface area contributed by atoms with Crippen LogP contribution >= 0.6 is 0 Å². The van der Waals surface area contributed by atoms with Crippen LogP contribution in [0.4, 0.5) is 11.4 Å². The van der Waals surface area contributed by atoms with E-state index in [0.717, 1.165) is 17.1 Å². The summed E-state index contributed by atoms with van der Waals surface area (Å²) in [6.45, 7) is 0. The summed E-state index contributed by atoms with van der Waals surface area (Å²) in [7, 11) is 0. The number of aromatic nitrogens is 1. The third-order valence-electron chi connectivity index (χ3n) is 12.8. The summed E-state index contributed by atoms with van der Waals surface area (Å²) in [5.41, 5.74) is 17.8. The van der Waals surface area contributed by atoms with Crippen molar-refractivity contribution in [3.8, 4) is 39.1 Å². The highest BCUT2D eigenvalue weighted by atomic mass is 15.0. The van der Waals surface area contributed by atoms with Gasteiger partial charge < -0.3 is 9.88 Å². The van der Waals surface area contributed by atoms with E-state index in [0.29, 0.717) is 0 Å². The molecule has 0 spiro atoms. The molecule has 0 amide bonds. The molecule has 0 unspecified atom stereocenters. The maximum atomic E-state index is 3.57. The highest BCUT2D eigenvalue weighted by Crippen LogP contribution is 2.56. The van der Waals surface area contributed by atoms with E-state index < -0.39 is 5.41 Å². The normalized spacial score (nSPS) is 12.7. The standard InChI is InChI=1S/C59H40N2/c1-3-15-46(16-4-1)59(47-17-5-2-6-18-47)55-21-11-9-19-51(55)52-35-34-50(39-56(52)59)61-57-22-12-10-20-53(57)54-38-45(30-36-58(54)61)43-25-23-41(24-26-43)42-27-31-48(32-28-42)60-49-33-29-40-13-7-8-14-44(40)37-49/h1-39,60H. The van der Waals surface area contributed by atoms with Crippen molar-refractivity contribution in [3.63, 3.8) is 0 Å². The predicted molar refractivity (Wildman–Crippen MR) is 256 cm³/mol. The van der Waals surface area contributed by atoms with E-state index in [9.17, 15) is 0 Å². The minimum Gasteiger partial charge on any atom is -0.356 e. The van der Waals surface area contributed by atoms with Crippen molar-refractivity contribution in [1.29, 1.82) is 0 Å². The van der Waals surface area contributed by atoms with Crippen LogP contribution in [0.25, 0.3) is 71.6 Å². The highest BCUT2D eigenvalue weighted by Gasteiger charge is 2.46. The molecule has 0 aliphatic heterocycles. The van der Waals surface area contributed by atoms with E-state index in [1.807, 2.05) is 0 Å². The summed E-state index contributed by atoms with van der Waals surface area (Å²) in [4.78, 5) is 0. The SMILES string of the molecule is c1ccc(C2(c3ccccc3)c3ccccc3-c3ccc(-n4c5ccccc5c5cc(-c6ccc(-c7ccc(Nc8ccc9ccccc9c8)cc7)cc6)ccc54)cc32)cc1. The topological polar surface area (TPSA) is 17.0 Å². The summed E-state index contributed by atoms with van der Waals surface area (Å²) in [6, 6.07) is 86.6. The number of nitrogens with zero attached hydrogens (tertiary/aromatic N) is 1. The molecule has 0 saturated carbocycles. The van der Waals surface area contributed by atoms with E-state index >= 15 is 0 Å². The molecule has 12 rings (SSSR count). The summed E-state index contributed by atoms with van der Waals surface area (Å²) in [6.07, 6.45) is 0. The van der Waals surface area contributed by atoms with Crippen LogP contribution in [0.5, 0.6) is 0 Å². The van der Waals surface area contributed by atoms with Gasteiger partial charge >= 0.3 is 0 Å². The molecule has 61 heavy (non-hydrogen) atoms. The Hall–Kier alpha value is -7.94. The number of anilines is 2. The van der Waals surface area contributed by atoms with Crippen molar-refractivity contribution in [1.82, 2.24) is 4.57 Å². The first kappa shape index (κ1) is 35.0. The summed E-state index contributed by atoms with van der Waals surface area (Å²) < 4.78 is 2.46. The van der Waals surface area contributed by atoms with Crippen molar-refractivity contribution < 1.29 is 0 Å². The lowest BCUT2D eigenvalue weighted by Gasteiger charge is -2.34. The van der Waals surface area contributed by atoms with Gasteiger partial charge in [0.1, 0.15) is 0 Å². The zero-order chi connectivity index (χ0) is 40.3. The first-order valence-corrected chi connectivity index (χ1v) is 21.1. The Kier molecular flexibility index (Phi) is 8.11. The van der Waals surface area contributed by atoms with Crippen molar-refractivity contribution in [2.45, 2.75) is 5.41 Å². The predicted octanol–water partition coefficient (Wildman–Crippen LogP) is 15.4. The fourth-order valence-electron chi connectivity index (χ4n) is 10.0. The molecule has 0 radical (unpaired) electrons. The van der Waals surface area contributed by atoms with Crippen molar-refractivity contribution in [2.24, 2.45) is 0 Å². The van der Waals surface area contributed by atoms with E-state index in [-0.39, 0.29) is 0 Å². The van der Waals surface area contributed by atoms with Gasteiger partial charge in [-0.2, -0.15) is 0 Å². The summed E-state index contributed by atoms with van der Waals surface area (Å²) >= 11 is 0. The lowest BCUT2D eigenvalue weighted by Crippen LogP contribution is -2.28. The van der Waals surface area contributed by atoms with Crippen LogP contribution in [0.15, 0.2) is 237 Å². The second-order valence-corrected chi connectivity index (χ2v) is 16.2. The number of benzene rings is 10. The Bertz CT molecular complexity index is 3380. The van der Waals surface area contributed by atoms with Gasteiger partial charge in [-0.15, -0.1) is 0 Å². The zero-order valence-corrected chi connectivity index (χ0v) is 33.5. The number of para-hydroxylation sites is 1. The Morgan fingerprint density at radius 3 is 1.64 bits per heavy atom. The highest BCUT2D eigenvalue weighted by molar-refractivity contribution is 6.10. The van der Waals surface area contributed by atoms with Gasteiger partial charge in [-0.3, -0.25) is 0 Å². The molecule has 1 N–H and O–H groups in total. The molecule has 1 heterocycles. The number of hydrogen-bond acceptors (Lipinski definition) is 1. The van der Waals surface area contributed by atoms with Gasteiger partial charge in [0.25, 0.3) is 0 Å². The van der Waals surface area contributed by atoms with E-state index in [1.54, 1.807) is 0 Å². The van der Waals surface area contributed by atoms with E-state index in [2.05, 4.69) is 246 Å². The second-order valence-electron chi connectivity index (χ2n) is 16.2. The van der Waals surface area contributed by atoms with Crippen LogP contribution in [0.3, 0.4) is 0 Å². The van der Waals surface area contributed by atoms with E-state index in [4.69, 9.17) is 0 Å². The lowest BCUT2D eigenvalue weighted by atomic mass is 9.67. The number of nitrogens with one attached hydrogen (secondary N) is 1. The van der Waals surface area contributed by atoms with E-state index in [1.165, 1.54) is 88.2 Å². The fraction of sp³-hybridized carbons (Fsp3) is 0.0169. The number of fused-ring (bicyclic) bond motifs is 7. The molecule has 0 fully saturated rings. The van der Waals surface area contributed by atoms with Crippen molar-refractivity contribution in [3.05, 3.63) is 259 Å². The average molecular weight is 777 g/mol. The van der Waals surface area contributed by atoms with Crippen LogP contribution in [0, 0.1) is 0 Å². The monoisotopic (exact) mass is 776 g/mol. The minimum atomic E-state index is -0.459. The van der Waals surface area contributed by atoms with Crippen LogP contribution in [0.1, 0.15) is 22.3 Å². The van der Waals surface area contributed by atoms with Gasteiger partial charge in [0.15, 0.2) is 0 Å². The zero-order valence-electron chi connectivity index (χ0n) is 33.5. The molecule has 0 bridgehead atoms. The van der Waals surface area contributed by atoms with Crippen LogP contribution < -0.4 is 5.32 Å². The first-order chi connectivity index (χ1) is 30.2. The lowest BCUT2D eigenvalue weighted by molar-refractivity contribution is 0.767. The quantitative estimate of drug-likeness (QED) is 0.171. The van der Waals surface area contributed by atoms with Gasteiger partial charge in [0.2, 0.25) is 0 Å². The minimum absolute atomic E-state index is 0.459. The molecule has 2 heteroatoms. The average Bonchev–Trinajstić information content (AvgIpc) is 3.82.